The molecule has 1 atom stereocenters. The van der Waals surface area contributed by atoms with Gasteiger partial charge in [0.25, 0.3) is 5.91 Å². The standard InChI is InChI=1S/C19H21N3O2/c1-13(2)18(24-17-10-5-4-8-15(17)11-20)19(23)21-12-16-9-6-7-14(3)22-16/h4-10,13,18H,12H2,1-3H3,(H,21,23). The van der Waals surface area contributed by atoms with Crippen LogP contribution >= 0.6 is 0 Å². The van der Waals surface area contributed by atoms with Crippen molar-refractivity contribution in [1.29, 1.82) is 5.26 Å². The summed E-state index contributed by atoms with van der Waals surface area (Å²) in [4.78, 5) is 16.9. The van der Waals surface area contributed by atoms with Crippen LogP contribution < -0.4 is 10.1 Å². The second kappa shape index (κ2) is 8.11. The Morgan fingerprint density at radius 1 is 1.25 bits per heavy atom. The molecule has 2 aromatic rings. The van der Waals surface area contributed by atoms with E-state index < -0.39 is 6.10 Å². The van der Waals surface area contributed by atoms with Gasteiger partial charge in [-0.3, -0.25) is 9.78 Å². The Labute approximate surface area is 142 Å². The number of aryl methyl sites for hydroxylation is 1. The van der Waals surface area contributed by atoms with Gasteiger partial charge in [0, 0.05) is 5.69 Å². The number of carbonyl (C=O) groups is 1. The van der Waals surface area contributed by atoms with Crippen molar-refractivity contribution in [2.45, 2.75) is 33.4 Å². The number of amides is 1. The maximum Gasteiger partial charge on any atom is 0.261 e. The van der Waals surface area contributed by atoms with Crippen molar-refractivity contribution in [3.63, 3.8) is 0 Å². The smallest absolute Gasteiger partial charge is 0.261 e. The molecule has 1 heterocycles. The summed E-state index contributed by atoms with van der Waals surface area (Å²) in [5, 5.41) is 12.0. The van der Waals surface area contributed by atoms with Crippen LogP contribution in [0.15, 0.2) is 42.5 Å². The minimum Gasteiger partial charge on any atom is -0.479 e. The molecule has 5 heteroatoms. The van der Waals surface area contributed by atoms with Crippen molar-refractivity contribution in [3.05, 3.63) is 59.4 Å². The Morgan fingerprint density at radius 3 is 2.67 bits per heavy atom. The van der Waals surface area contributed by atoms with Crippen molar-refractivity contribution >= 4 is 5.91 Å². The fourth-order valence-electron chi connectivity index (χ4n) is 2.27. The molecule has 1 amide bonds. The lowest BCUT2D eigenvalue weighted by molar-refractivity contribution is -0.130. The van der Waals surface area contributed by atoms with Gasteiger partial charge in [-0.1, -0.05) is 32.0 Å². The number of pyridine rings is 1. The maximum absolute atomic E-state index is 12.5. The third-order valence-corrected chi connectivity index (χ3v) is 3.52. The Kier molecular flexibility index (Phi) is 5.91. The number of nitrogens with zero attached hydrogens (tertiary/aromatic N) is 2. The van der Waals surface area contributed by atoms with E-state index in [9.17, 15) is 4.79 Å². The average molecular weight is 323 g/mol. The fraction of sp³-hybridized carbons (Fsp3) is 0.316. The third kappa shape index (κ3) is 4.56. The zero-order chi connectivity index (χ0) is 17.5. The van der Waals surface area contributed by atoms with E-state index in [4.69, 9.17) is 10.00 Å². The predicted molar refractivity (Wildman–Crippen MR) is 91.2 cm³/mol. The van der Waals surface area contributed by atoms with Gasteiger partial charge in [0.05, 0.1) is 17.8 Å². The number of carbonyl (C=O) groups excluding carboxylic acids is 1. The highest BCUT2D eigenvalue weighted by Gasteiger charge is 2.25. The van der Waals surface area contributed by atoms with E-state index in [1.165, 1.54) is 0 Å². The SMILES string of the molecule is Cc1cccc(CNC(=O)C(Oc2ccccc2C#N)C(C)C)n1. The first-order valence-electron chi connectivity index (χ1n) is 7.87. The summed E-state index contributed by atoms with van der Waals surface area (Å²) in [6.07, 6.45) is -0.677. The van der Waals surface area contributed by atoms with Crippen LogP contribution in [0.25, 0.3) is 0 Å². The molecule has 1 aromatic heterocycles. The number of aromatic nitrogens is 1. The zero-order valence-corrected chi connectivity index (χ0v) is 14.1. The molecule has 124 valence electrons. The van der Waals surface area contributed by atoms with Crippen molar-refractivity contribution in [2.24, 2.45) is 5.92 Å². The predicted octanol–water partition coefficient (Wildman–Crippen LogP) is 2.98. The van der Waals surface area contributed by atoms with E-state index in [0.717, 1.165) is 11.4 Å². The van der Waals surface area contributed by atoms with Gasteiger partial charge in [-0.15, -0.1) is 0 Å². The third-order valence-electron chi connectivity index (χ3n) is 3.52. The summed E-state index contributed by atoms with van der Waals surface area (Å²) < 4.78 is 5.82. The molecule has 1 N–H and O–H groups in total. The highest BCUT2D eigenvalue weighted by Crippen LogP contribution is 2.20. The Hall–Kier alpha value is -2.87. The maximum atomic E-state index is 12.5. The quantitative estimate of drug-likeness (QED) is 0.887. The van der Waals surface area contributed by atoms with Crippen LogP contribution in [-0.2, 0) is 11.3 Å². The summed E-state index contributed by atoms with van der Waals surface area (Å²) in [6.45, 7) is 6.06. The van der Waals surface area contributed by atoms with Gasteiger partial charge in [0.1, 0.15) is 11.8 Å². The molecular formula is C19H21N3O2. The lowest BCUT2D eigenvalue weighted by atomic mass is 10.1. The van der Waals surface area contributed by atoms with E-state index in [2.05, 4.69) is 16.4 Å². The highest BCUT2D eigenvalue weighted by molar-refractivity contribution is 5.81. The Morgan fingerprint density at radius 2 is 2.00 bits per heavy atom. The minimum absolute atomic E-state index is 0.0396. The largest absolute Gasteiger partial charge is 0.479 e. The molecule has 0 aliphatic rings. The fourth-order valence-corrected chi connectivity index (χ4v) is 2.27. The molecule has 0 bridgehead atoms. The molecule has 0 spiro atoms. The first kappa shape index (κ1) is 17.5. The number of hydrogen-bond acceptors (Lipinski definition) is 4. The molecule has 0 saturated carbocycles. The molecule has 0 aliphatic carbocycles. The van der Waals surface area contributed by atoms with E-state index in [1.807, 2.05) is 39.0 Å². The van der Waals surface area contributed by atoms with Crippen LogP contribution in [0.2, 0.25) is 0 Å². The van der Waals surface area contributed by atoms with Gasteiger partial charge in [-0.25, -0.2) is 0 Å². The Balaban J connectivity index is 2.07. The summed E-state index contributed by atoms with van der Waals surface area (Å²) in [5.41, 5.74) is 2.11. The number of ether oxygens (including phenoxy) is 1. The number of para-hydroxylation sites is 1. The zero-order valence-electron chi connectivity index (χ0n) is 14.1. The van der Waals surface area contributed by atoms with Crippen LogP contribution in [0.5, 0.6) is 5.75 Å². The van der Waals surface area contributed by atoms with Gasteiger partial charge >= 0.3 is 0 Å². The van der Waals surface area contributed by atoms with Gasteiger partial charge in [0.2, 0.25) is 0 Å². The van der Waals surface area contributed by atoms with Crippen LogP contribution in [0.4, 0.5) is 0 Å². The van der Waals surface area contributed by atoms with Crippen molar-refractivity contribution in [2.75, 3.05) is 0 Å². The minimum atomic E-state index is -0.677. The summed E-state index contributed by atoms with van der Waals surface area (Å²) in [6, 6.07) is 14.7. The molecule has 0 radical (unpaired) electrons. The first-order chi connectivity index (χ1) is 11.5. The van der Waals surface area contributed by atoms with Crippen molar-refractivity contribution in [3.8, 4) is 11.8 Å². The second-order valence-corrected chi connectivity index (χ2v) is 5.88. The molecular weight excluding hydrogens is 302 g/mol. The second-order valence-electron chi connectivity index (χ2n) is 5.88. The van der Waals surface area contributed by atoms with E-state index >= 15 is 0 Å². The van der Waals surface area contributed by atoms with Crippen LogP contribution in [0.1, 0.15) is 30.8 Å². The van der Waals surface area contributed by atoms with E-state index in [-0.39, 0.29) is 11.8 Å². The molecule has 0 saturated heterocycles. The normalized spacial score (nSPS) is 11.6. The summed E-state index contributed by atoms with van der Waals surface area (Å²) in [7, 11) is 0. The molecule has 1 aromatic carbocycles. The van der Waals surface area contributed by atoms with Crippen LogP contribution in [0, 0.1) is 24.2 Å². The van der Waals surface area contributed by atoms with Crippen LogP contribution in [0.3, 0.4) is 0 Å². The molecule has 0 aliphatic heterocycles. The monoisotopic (exact) mass is 323 g/mol. The lowest BCUT2D eigenvalue weighted by Gasteiger charge is -2.22. The molecule has 24 heavy (non-hydrogen) atoms. The number of rotatable bonds is 6. The van der Waals surface area contributed by atoms with Crippen molar-refractivity contribution in [1.82, 2.24) is 10.3 Å². The van der Waals surface area contributed by atoms with Gasteiger partial charge in [0.15, 0.2) is 6.10 Å². The molecule has 5 nitrogen and oxygen atoms in total. The van der Waals surface area contributed by atoms with E-state index in [0.29, 0.717) is 17.9 Å². The number of hydrogen-bond donors (Lipinski definition) is 1. The van der Waals surface area contributed by atoms with Crippen molar-refractivity contribution < 1.29 is 9.53 Å². The Bertz CT molecular complexity index is 750. The lowest BCUT2D eigenvalue weighted by Crippen LogP contribution is -2.41. The number of benzene rings is 1. The van der Waals surface area contributed by atoms with Gasteiger partial charge in [-0.2, -0.15) is 5.26 Å². The molecule has 2 rings (SSSR count). The molecule has 0 fully saturated rings. The van der Waals surface area contributed by atoms with Gasteiger partial charge in [-0.05, 0) is 37.1 Å². The highest BCUT2D eigenvalue weighted by atomic mass is 16.5. The average Bonchev–Trinajstić information content (AvgIpc) is 2.57. The van der Waals surface area contributed by atoms with Gasteiger partial charge < -0.3 is 10.1 Å². The first-order valence-corrected chi connectivity index (χ1v) is 7.87. The number of nitriles is 1. The topological polar surface area (TPSA) is 75.0 Å². The number of nitrogens with one attached hydrogen (secondary N) is 1. The van der Waals surface area contributed by atoms with E-state index in [1.54, 1.807) is 24.3 Å². The van der Waals surface area contributed by atoms with Crippen LogP contribution in [-0.4, -0.2) is 17.0 Å². The summed E-state index contributed by atoms with van der Waals surface area (Å²) in [5.74, 6) is 0.158. The summed E-state index contributed by atoms with van der Waals surface area (Å²) >= 11 is 0. The molecule has 1 unspecified atom stereocenters.